The van der Waals surface area contributed by atoms with Crippen LogP contribution in [0, 0.1) is 0 Å². The molecule has 2 amide bonds. The Kier molecular flexibility index (Phi) is 5.49. The number of nitrogens with one attached hydrogen (secondary N) is 1. The quantitative estimate of drug-likeness (QED) is 0.831. The van der Waals surface area contributed by atoms with E-state index in [4.69, 9.17) is 5.11 Å². The van der Waals surface area contributed by atoms with Crippen molar-refractivity contribution in [3.8, 4) is 0 Å². The third-order valence-electron chi connectivity index (χ3n) is 5.44. The first-order valence-electron chi connectivity index (χ1n) is 9.34. The zero-order valence-corrected chi connectivity index (χ0v) is 16.0. The van der Waals surface area contributed by atoms with Crippen molar-refractivity contribution in [3.05, 3.63) is 65.7 Å². The van der Waals surface area contributed by atoms with Crippen molar-refractivity contribution >= 4 is 23.5 Å². The molecule has 2 aromatic rings. The van der Waals surface area contributed by atoms with E-state index >= 15 is 0 Å². The van der Waals surface area contributed by atoms with E-state index in [-0.39, 0.29) is 11.8 Å². The Labute approximate surface area is 164 Å². The average Bonchev–Trinajstić information content (AvgIpc) is 3.11. The summed E-state index contributed by atoms with van der Waals surface area (Å²) in [5, 5.41) is 12.0. The monoisotopic (exact) mass is 380 g/mol. The molecule has 2 unspecified atom stereocenters. The van der Waals surface area contributed by atoms with Crippen molar-refractivity contribution in [2.45, 2.75) is 38.1 Å². The van der Waals surface area contributed by atoms with Gasteiger partial charge in [0.2, 0.25) is 5.91 Å². The minimum absolute atomic E-state index is 0.151. The Balaban J connectivity index is 1.75. The van der Waals surface area contributed by atoms with Gasteiger partial charge in [-0.3, -0.25) is 14.4 Å². The molecular formula is C22H24N2O4. The molecule has 2 atom stereocenters. The van der Waals surface area contributed by atoms with Crippen LogP contribution in [0.1, 0.15) is 48.5 Å². The highest BCUT2D eigenvalue weighted by atomic mass is 16.4. The van der Waals surface area contributed by atoms with Crippen LogP contribution in [0.15, 0.2) is 54.6 Å². The number of aliphatic carboxylic acids is 1. The van der Waals surface area contributed by atoms with Crippen LogP contribution >= 0.6 is 0 Å². The van der Waals surface area contributed by atoms with Crippen molar-refractivity contribution in [1.82, 2.24) is 4.90 Å². The van der Waals surface area contributed by atoms with Gasteiger partial charge in [0, 0.05) is 17.8 Å². The molecule has 3 rings (SSSR count). The Morgan fingerprint density at radius 1 is 1.07 bits per heavy atom. The average molecular weight is 380 g/mol. The number of rotatable bonds is 5. The number of benzene rings is 2. The lowest BCUT2D eigenvalue weighted by molar-refractivity contribution is -0.138. The fourth-order valence-electron chi connectivity index (χ4n) is 3.52. The molecule has 2 N–H and O–H groups in total. The molecule has 28 heavy (non-hydrogen) atoms. The maximum atomic E-state index is 13.0. The van der Waals surface area contributed by atoms with Crippen molar-refractivity contribution in [2.75, 3.05) is 11.9 Å². The second-order valence-corrected chi connectivity index (χ2v) is 7.34. The number of hydrogen-bond acceptors (Lipinski definition) is 3. The summed E-state index contributed by atoms with van der Waals surface area (Å²) in [6.07, 6.45) is 1.35. The molecule has 1 aliphatic heterocycles. The number of nitrogens with zero attached hydrogens (tertiary/aromatic N) is 1. The molecule has 146 valence electrons. The predicted molar refractivity (Wildman–Crippen MR) is 106 cm³/mol. The first kappa shape index (κ1) is 19.6. The maximum Gasteiger partial charge on any atom is 0.310 e. The topological polar surface area (TPSA) is 86.7 Å². The molecule has 6 heteroatoms. The van der Waals surface area contributed by atoms with Gasteiger partial charge < -0.3 is 15.3 Å². The highest BCUT2D eigenvalue weighted by Crippen LogP contribution is 2.32. The van der Waals surface area contributed by atoms with Crippen LogP contribution < -0.4 is 5.32 Å². The number of anilines is 1. The number of hydrogen-bond donors (Lipinski definition) is 2. The summed E-state index contributed by atoms with van der Waals surface area (Å²) in [5.74, 6) is -1.91. The largest absolute Gasteiger partial charge is 0.481 e. The molecule has 0 spiro atoms. The van der Waals surface area contributed by atoms with Crippen LogP contribution in [-0.2, 0) is 9.59 Å². The number of carbonyl (C=O) groups is 3. The van der Waals surface area contributed by atoms with Crippen LogP contribution in [0.4, 0.5) is 5.69 Å². The molecule has 0 aliphatic carbocycles. The standard InChI is InChI=1S/C22H24N2O4/c1-15(20(26)27)16-9-11-18(12-10-16)23-21(28)22(2)13-6-14-24(22)19(25)17-7-4-3-5-8-17/h3-5,7-12,15H,6,13-14H2,1-2H3,(H,23,28)(H,26,27). The molecule has 0 radical (unpaired) electrons. The third kappa shape index (κ3) is 3.76. The second kappa shape index (κ2) is 7.84. The van der Waals surface area contributed by atoms with Gasteiger partial charge in [0.05, 0.1) is 5.92 Å². The molecule has 0 bridgehead atoms. The maximum absolute atomic E-state index is 13.0. The van der Waals surface area contributed by atoms with Gasteiger partial charge in [-0.15, -0.1) is 0 Å². The lowest BCUT2D eigenvalue weighted by Crippen LogP contribution is -2.53. The van der Waals surface area contributed by atoms with Gasteiger partial charge >= 0.3 is 5.97 Å². The highest BCUT2D eigenvalue weighted by Gasteiger charge is 2.45. The van der Waals surface area contributed by atoms with Gasteiger partial charge in [-0.1, -0.05) is 30.3 Å². The van der Waals surface area contributed by atoms with E-state index in [2.05, 4.69) is 5.32 Å². The number of likely N-dealkylation sites (tertiary alicyclic amines) is 1. The van der Waals surface area contributed by atoms with Gasteiger partial charge in [0.1, 0.15) is 5.54 Å². The van der Waals surface area contributed by atoms with Crippen molar-refractivity contribution < 1.29 is 19.5 Å². The normalized spacial score (nSPS) is 19.9. The van der Waals surface area contributed by atoms with E-state index < -0.39 is 17.4 Å². The number of carboxylic acids is 1. The summed E-state index contributed by atoms with van der Waals surface area (Å²) >= 11 is 0. The summed E-state index contributed by atoms with van der Waals surface area (Å²) < 4.78 is 0. The lowest BCUT2D eigenvalue weighted by Gasteiger charge is -2.34. The van der Waals surface area contributed by atoms with Gasteiger partial charge in [0.15, 0.2) is 0 Å². The van der Waals surface area contributed by atoms with Gasteiger partial charge in [-0.25, -0.2) is 0 Å². The summed E-state index contributed by atoms with van der Waals surface area (Å²) in [4.78, 5) is 38.6. The zero-order valence-electron chi connectivity index (χ0n) is 16.0. The van der Waals surface area contributed by atoms with Gasteiger partial charge in [-0.05, 0) is 56.5 Å². The van der Waals surface area contributed by atoms with E-state index in [0.717, 1.165) is 6.42 Å². The van der Waals surface area contributed by atoms with Crippen LogP contribution in [0.3, 0.4) is 0 Å². The first-order chi connectivity index (χ1) is 13.3. The molecule has 6 nitrogen and oxygen atoms in total. The molecule has 2 aromatic carbocycles. The van der Waals surface area contributed by atoms with Crippen LogP contribution in [-0.4, -0.2) is 39.9 Å². The summed E-state index contributed by atoms with van der Waals surface area (Å²) in [7, 11) is 0. The Bertz CT molecular complexity index is 879. The zero-order chi connectivity index (χ0) is 20.3. The predicted octanol–water partition coefficient (Wildman–Crippen LogP) is 3.51. The fourth-order valence-corrected chi connectivity index (χ4v) is 3.52. The van der Waals surface area contributed by atoms with Crippen molar-refractivity contribution in [2.24, 2.45) is 0 Å². The van der Waals surface area contributed by atoms with E-state index in [1.54, 1.807) is 67.3 Å². The minimum Gasteiger partial charge on any atom is -0.481 e. The highest BCUT2D eigenvalue weighted by molar-refractivity contribution is 6.04. The molecule has 1 aliphatic rings. The number of amides is 2. The van der Waals surface area contributed by atoms with E-state index in [1.165, 1.54) is 0 Å². The molecule has 0 saturated carbocycles. The first-order valence-corrected chi connectivity index (χ1v) is 9.34. The minimum atomic E-state index is -0.931. The summed E-state index contributed by atoms with van der Waals surface area (Å²) in [5.41, 5.74) is 0.875. The molecule has 1 heterocycles. The van der Waals surface area contributed by atoms with Gasteiger partial charge in [0.25, 0.3) is 5.91 Å². The van der Waals surface area contributed by atoms with Crippen LogP contribution in [0.5, 0.6) is 0 Å². The summed E-state index contributed by atoms with van der Waals surface area (Å²) in [6, 6.07) is 15.7. The summed E-state index contributed by atoms with van der Waals surface area (Å²) in [6.45, 7) is 3.94. The molecule has 1 saturated heterocycles. The Morgan fingerprint density at radius 2 is 1.71 bits per heavy atom. The Hall–Kier alpha value is -3.15. The molecule has 0 aromatic heterocycles. The fraction of sp³-hybridized carbons (Fsp3) is 0.318. The van der Waals surface area contributed by atoms with Crippen LogP contribution in [0.25, 0.3) is 0 Å². The molecule has 1 fully saturated rings. The number of carbonyl (C=O) groups excluding carboxylic acids is 2. The Morgan fingerprint density at radius 3 is 2.32 bits per heavy atom. The van der Waals surface area contributed by atoms with Crippen molar-refractivity contribution in [1.29, 1.82) is 0 Å². The SMILES string of the molecule is CC(C(=O)O)c1ccc(NC(=O)C2(C)CCCN2C(=O)c2ccccc2)cc1. The third-order valence-corrected chi connectivity index (χ3v) is 5.44. The van der Waals surface area contributed by atoms with Crippen LogP contribution in [0.2, 0.25) is 0 Å². The smallest absolute Gasteiger partial charge is 0.310 e. The molecular weight excluding hydrogens is 356 g/mol. The van der Waals surface area contributed by atoms with Crippen molar-refractivity contribution in [3.63, 3.8) is 0 Å². The van der Waals surface area contributed by atoms with E-state index in [9.17, 15) is 14.4 Å². The van der Waals surface area contributed by atoms with E-state index in [0.29, 0.717) is 29.8 Å². The van der Waals surface area contributed by atoms with E-state index in [1.807, 2.05) is 6.07 Å². The van der Waals surface area contributed by atoms with Gasteiger partial charge in [-0.2, -0.15) is 0 Å². The lowest BCUT2D eigenvalue weighted by atomic mass is 9.96. The number of carboxylic acid groups (broad SMARTS) is 1. The second-order valence-electron chi connectivity index (χ2n) is 7.34.